The maximum atomic E-state index is 4.17. The summed E-state index contributed by atoms with van der Waals surface area (Å²) in [5, 5.41) is 8.34. The molecule has 0 unspecified atom stereocenters. The van der Waals surface area contributed by atoms with Crippen molar-refractivity contribution in [2.75, 3.05) is 0 Å². The second-order valence-electron chi connectivity index (χ2n) is 3.87. The highest BCUT2D eigenvalue weighted by atomic mass is 15.1. The van der Waals surface area contributed by atoms with Gasteiger partial charge >= 0.3 is 0 Å². The molecule has 0 aliphatic carbocycles. The van der Waals surface area contributed by atoms with Crippen molar-refractivity contribution < 1.29 is 0 Å². The minimum atomic E-state index is 0. The van der Waals surface area contributed by atoms with E-state index in [1.165, 1.54) is 11.1 Å². The van der Waals surface area contributed by atoms with Crippen molar-refractivity contribution in [3.8, 4) is 0 Å². The summed E-state index contributed by atoms with van der Waals surface area (Å²) in [5.41, 5.74) is 4.22. The predicted octanol–water partition coefficient (Wildman–Crippen LogP) is 7.41. The highest BCUT2D eigenvalue weighted by molar-refractivity contribution is 5.41. The van der Waals surface area contributed by atoms with E-state index in [4.69, 9.17) is 0 Å². The highest BCUT2D eigenvalue weighted by Crippen LogP contribution is 2.18. The maximum absolute atomic E-state index is 4.17. The Hall–Kier alpha value is -1.96. The molecule has 0 aliphatic heterocycles. The lowest BCUT2D eigenvalue weighted by Gasteiger charge is -1.95. The van der Waals surface area contributed by atoms with Crippen molar-refractivity contribution in [3.05, 3.63) is 59.7 Å². The van der Waals surface area contributed by atoms with E-state index in [1.54, 1.807) is 0 Å². The Labute approximate surface area is 131 Å². The SMILES string of the molecule is C.CC.CC.Cc1ccc(N=Nc2ccc(C)cc2)cc1. The first-order valence-electron chi connectivity index (χ1n) is 7.29. The lowest BCUT2D eigenvalue weighted by atomic mass is 10.2. The molecule has 0 spiro atoms. The van der Waals surface area contributed by atoms with Gasteiger partial charge in [0.25, 0.3) is 0 Å². The first-order chi connectivity index (χ1) is 9.74. The topological polar surface area (TPSA) is 24.7 Å². The van der Waals surface area contributed by atoms with Crippen LogP contribution in [0.1, 0.15) is 46.2 Å². The van der Waals surface area contributed by atoms with Crippen molar-refractivity contribution in [2.45, 2.75) is 49.0 Å². The van der Waals surface area contributed by atoms with Crippen molar-refractivity contribution in [1.82, 2.24) is 0 Å². The minimum absolute atomic E-state index is 0. The van der Waals surface area contributed by atoms with Crippen LogP contribution in [0, 0.1) is 13.8 Å². The molecule has 2 rings (SSSR count). The van der Waals surface area contributed by atoms with Crippen LogP contribution in [-0.4, -0.2) is 0 Å². The molecule has 0 fully saturated rings. The molecule has 0 saturated heterocycles. The summed E-state index contributed by atoms with van der Waals surface area (Å²) in [5.74, 6) is 0. The number of nitrogens with zero attached hydrogens (tertiary/aromatic N) is 2. The van der Waals surface area contributed by atoms with Crippen LogP contribution in [0.15, 0.2) is 58.8 Å². The molecule has 0 bridgehead atoms. The van der Waals surface area contributed by atoms with Crippen LogP contribution in [0.5, 0.6) is 0 Å². The Bertz CT molecular complexity index is 434. The number of hydrogen-bond acceptors (Lipinski definition) is 2. The van der Waals surface area contributed by atoms with Crippen molar-refractivity contribution in [3.63, 3.8) is 0 Å². The number of hydrogen-bond donors (Lipinski definition) is 0. The summed E-state index contributed by atoms with van der Waals surface area (Å²) in [4.78, 5) is 0. The third-order valence-electron chi connectivity index (χ3n) is 2.35. The van der Waals surface area contributed by atoms with Crippen molar-refractivity contribution >= 4 is 11.4 Å². The zero-order valence-electron chi connectivity index (χ0n) is 13.5. The number of benzene rings is 2. The molecule has 0 aliphatic rings. The molecule has 0 radical (unpaired) electrons. The predicted molar refractivity (Wildman–Crippen MR) is 96.0 cm³/mol. The van der Waals surface area contributed by atoms with Crippen molar-refractivity contribution in [1.29, 1.82) is 0 Å². The number of azo groups is 1. The number of aryl methyl sites for hydroxylation is 2. The highest BCUT2D eigenvalue weighted by Gasteiger charge is 1.90. The molecular formula is C19H30N2. The molecule has 0 aromatic heterocycles. The molecule has 116 valence electrons. The molecule has 0 amide bonds. The van der Waals surface area contributed by atoms with Gasteiger partial charge in [0.2, 0.25) is 0 Å². The van der Waals surface area contributed by atoms with E-state index in [0.29, 0.717) is 0 Å². The van der Waals surface area contributed by atoms with Crippen LogP contribution in [0.2, 0.25) is 0 Å². The largest absolute Gasteiger partial charge is 0.151 e. The third kappa shape index (κ3) is 8.74. The summed E-state index contributed by atoms with van der Waals surface area (Å²) in [6.45, 7) is 12.1. The van der Waals surface area contributed by atoms with E-state index in [0.717, 1.165) is 11.4 Å². The van der Waals surface area contributed by atoms with Gasteiger partial charge in [-0.2, -0.15) is 10.2 Å². The smallest absolute Gasteiger partial charge is 0.0857 e. The van der Waals surface area contributed by atoms with Gasteiger partial charge in [-0.3, -0.25) is 0 Å². The van der Waals surface area contributed by atoms with Gasteiger partial charge in [-0.25, -0.2) is 0 Å². The molecule has 2 nitrogen and oxygen atoms in total. The Kier molecular flexibility index (Phi) is 13.3. The minimum Gasteiger partial charge on any atom is -0.151 e. The van der Waals surface area contributed by atoms with Gasteiger partial charge in [-0.1, -0.05) is 70.5 Å². The van der Waals surface area contributed by atoms with Gasteiger partial charge in [-0.15, -0.1) is 0 Å². The quantitative estimate of drug-likeness (QED) is 0.513. The second-order valence-corrected chi connectivity index (χ2v) is 3.87. The van der Waals surface area contributed by atoms with Gasteiger partial charge < -0.3 is 0 Å². The monoisotopic (exact) mass is 286 g/mol. The first-order valence-corrected chi connectivity index (χ1v) is 7.29. The van der Waals surface area contributed by atoms with E-state index in [-0.39, 0.29) is 7.43 Å². The maximum Gasteiger partial charge on any atom is 0.0857 e. The molecule has 2 aromatic rings. The molecule has 0 N–H and O–H groups in total. The average molecular weight is 286 g/mol. The van der Waals surface area contributed by atoms with E-state index in [9.17, 15) is 0 Å². The fraction of sp³-hybridized carbons (Fsp3) is 0.368. The van der Waals surface area contributed by atoms with Gasteiger partial charge in [0.05, 0.1) is 11.4 Å². The summed E-state index contributed by atoms with van der Waals surface area (Å²) in [6.07, 6.45) is 0. The fourth-order valence-corrected chi connectivity index (χ4v) is 1.34. The summed E-state index contributed by atoms with van der Waals surface area (Å²) in [7, 11) is 0. The first kappa shape index (κ1) is 21.3. The van der Waals surface area contributed by atoms with Crippen LogP contribution in [0.3, 0.4) is 0 Å². The Morgan fingerprint density at radius 3 is 1.00 bits per heavy atom. The Morgan fingerprint density at radius 1 is 0.524 bits per heavy atom. The summed E-state index contributed by atoms with van der Waals surface area (Å²) < 4.78 is 0. The molecular weight excluding hydrogens is 256 g/mol. The average Bonchev–Trinajstić information content (AvgIpc) is 2.52. The van der Waals surface area contributed by atoms with Gasteiger partial charge in [-0.05, 0) is 38.1 Å². The Morgan fingerprint density at radius 2 is 0.762 bits per heavy atom. The summed E-state index contributed by atoms with van der Waals surface area (Å²) >= 11 is 0. The molecule has 2 heteroatoms. The molecule has 21 heavy (non-hydrogen) atoms. The lowest BCUT2D eigenvalue weighted by molar-refractivity contribution is 1.22. The van der Waals surface area contributed by atoms with Crippen LogP contribution in [0.25, 0.3) is 0 Å². The zero-order valence-corrected chi connectivity index (χ0v) is 13.5. The van der Waals surface area contributed by atoms with E-state index in [2.05, 4.69) is 24.1 Å². The lowest BCUT2D eigenvalue weighted by Crippen LogP contribution is -1.69. The van der Waals surface area contributed by atoms with E-state index >= 15 is 0 Å². The zero-order chi connectivity index (χ0) is 15.4. The fourth-order valence-electron chi connectivity index (χ4n) is 1.34. The number of rotatable bonds is 2. The van der Waals surface area contributed by atoms with Crippen LogP contribution < -0.4 is 0 Å². The van der Waals surface area contributed by atoms with Crippen LogP contribution in [0.4, 0.5) is 11.4 Å². The Balaban J connectivity index is 0. The van der Waals surface area contributed by atoms with Crippen LogP contribution in [-0.2, 0) is 0 Å². The summed E-state index contributed by atoms with van der Waals surface area (Å²) in [6, 6.07) is 16.0. The second kappa shape index (κ2) is 13.0. The standard InChI is InChI=1S/C14H14N2.2C2H6.CH4/c1-11-3-7-13(8-4-11)15-16-14-9-5-12(2)6-10-14;2*1-2;/h3-10H,1-2H3;2*1-2H3;1H4. The van der Waals surface area contributed by atoms with Gasteiger partial charge in [0.1, 0.15) is 0 Å². The normalized spacial score (nSPS) is 8.86. The third-order valence-corrected chi connectivity index (χ3v) is 2.35. The van der Waals surface area contributed by atoms with E-state index in [1.807, 2.05) is 76.2 Å². The van der Waals surface area contributed by atoms with Gasteiger partial charge in [0.15, 0.2) is 0 Å². The molecule has 0 heterocycles. The van der Waals surface area contributed by atoms with Gasteiger partial charge in [0, 0.05) is 0 Å². The molecule has 0 saturated carbocycles. The van der Waals surface area contributed by atoms with E-state index < -0.39 is 0 Å². The van der Waals surface area contributed by atoms with Crippen molar-refractivity contribution in [2.24, 2.45) is 10.2 Å². The van der Waals surface area contributed by atoms with Crippen LogP contribution >= 0.6 is 0 Å². The molecule has 2 aromatic carbocycles. The molecule has 0 atom stereocenters.